The fourth-order valence-corrected chi connectivity index (χ4v) is 3.53. The molecule has 3 atom stereocenters. The molecular weight excluding hydrogens is 275 g/mol. The van der Waals surface area contributed by atoms with Crippen LogP contribution in [0.5, 0.6) is 0 Å². The van der Waals surface area contributed by atoms with Gasteiger partial charge < -0.3 is 9.90 Å². The first-order valence-electron chi connectivity index (χ1n) is 8.01. The average Bonchev–Trinajstić information content (AvgIpc) is 2.39. The van der Waals surface area contributed by atoms with Gasteiger partial charge in [-0.1, -0.05) is 59.3 Å². The van der Waals surface area contributed by atoms with Gasteiger partial charge in [0.2, 0.25) is 0 Å². The van der Waals surface area contributed by atoms with E-state index in [0.717, 1.165) is 32.1 Å². The van der Waals surface area contributed by atoms with Gasteiger partial charge in [-0.3, -0.25) is 0 Å². The SMILES string of the molecule is CCCCCCC(F)CC(C)SC(CCCC)C(=O)[O-]. The quantitative estimate of drug-likeness (QED) is 0.481. The highest BCUT2D eigenvalue weighted by Crippen LogP contribution is 2.27. The molecule has 0 aliphatic heterocycles. The van der Waals surface area contributed by atoms with Crippen LogP contribution in [0.3, 0.4) is 0 Å². The molecule has 0 bridgehead atoms. The average molecular weight is 305 g/mol. The zero-order chi connectivity index (χ0) is 15.4. The summed E-state index contributed by atoms with van der Waals surface area (Å²) in [7, 11) is 0. The Balaban J connectivity index is 3.92. The van der Waals surface area contributed by atoms with Crippen LogP contribution < -0.4 is 5.11 Å². The van der Waals surface area contributed by atoms with Crippen molar-refractivity contribution in [3.63, 3.8) is 0 Å². The summed E-state index contributed by atoms with van der Waals surface area (Å²) < 4.78 is 13.8. The van der Waals surface area contributed by atoms with Crippen LogP contribution in [0, 0.1) is 0 Å². The van der Waals surface area contributed by atoms with E-state index >= 15 is 0 Å². The molecular formula is C16H30FO2S-. The van der Waals surface area contributed by atoms with Crippen LogP contribution in [-0.4, -0.2) is 22.6 Å². The Morgan fingerprint density at radius 2 is 1.75 bits per heavy atom. The number of hydrogen-bond acceptors (Lipinski definition) is 3. The molecule has 0 aromatic carbocycles. The maximum atomic E-state index is 13.8. The van der Waals surface area contributed by atoms with E-state index in [9.17, 15) is 14.3 Å². The first-order chi connectivity index (χ1) is 9.51. The van der Waals surface area contributed by atoms with Gasteiger partial charge in [-0.2, -0.15) is 0 Å². The summed E-state index contributed by atoms with van der Waals surface area (Å²) in [5.74, 6) is -1.01. The van der Waals surface area contributed by atoms with Crippen molar-refractivity contribution in [2.45, 2.75) is 95.2 Å². The summed E-state index contributed by atoms with van der Waals surface area (Å²) in [6.45, 7) is 6.10. The molecule has 0 aromatic rings. The standard InChI is InChI=1S/C16H31FO2S/c1-4-6-8-9-10-14(17)12-13(3)20-15(16(18)19)11-7-5-2/h13-15H,4-12H2,1-3H3,(H,18,19)/p-1. The summed E-state index contributed by atoms with van der Waals surface area (Å²) in [6, 6.07) is 0. The van der Waals surface area contributed by atoms with Crippen molar-refractivity contribution in [1.82, 2.24) is 0 Å². The monoisotopic (exact) mass is 305 g/mol. The van der Waals surface area contributed by atoms with Crippen molar-refractivity contribution in [3.05, 3.63) is 0 Å². The maximum Gasteiger partial charge on any atom is 0.101 e. The second-order valence-electron chi connectivity index (χ2n) is 5.58. The van der Waals surface area contributed by atoms with E-state index in [1.165, 1.54) is 18.2 Å². The van der Waals surface area contributed by atoms with Gasteiger partial charge in [0.1, 0.15) is 6.17 Å². The largest absolute Gasteiger partial charge is 0.549 e. The van der Waals surface area contributed by atoms with Crippen LogP contribution in [0.2, 0.25) is 0 Å². The molecule has 0 aliphatic carbocycles. The van der Waals surface area contributed by atoms with Gasteiger partial charge in [-0.05, 0) is 19.3 Å². The molecule has 20 heavy (non-hydrogen) atoms. The van der Waals surface area contributed by atoms with Crippen molar-refractivity contribution in [2.24, 2.45) is 0 Å². The van der Waals surface area contributed by atoms with Gasteiger partial charge in [-0.15, -0.1) is 11.8 Å². The van der Waals surface area contributed by atoms with Crippen molar-refractivity contribution < 1.29 is 14.3 Å². The van der Waals surface area contributed by atoms with E-state index in [2.05, 4.69) is 6.92 Å². The number of hydrogen-bond donors (Lipinski definition) is 0. The molecule has 0 saturated carbocycles. The van der Waals surface area contributed by atoms with Gasteiger partial charge in [0.25, 0.3) is 0 Å². The third kappa shape index (κ3) is 10.5. The molecule has 0 fully saturated rings. The fourth-order valence-electron chi connectivity index (χ4n) is 2.24. The van der Waals surface area contributed by atoms with Crippen LogP contribution in [0.25, 0.3) is 0 Å². The predicted octanol–water partition coefficient (Wildman–Crippen LogP) is 4.12. The lowest BCUT2D eigenvalue weighted by Gasteiger charge is -2.22. The topological polar surface area (TPSA) is 40.1 Å². The molecule has 0 radical (unpaired) electrons. The van der Waals surface area contributed by atoms with E-state index in [4.69, 9.17) is 0 Å². The first kappa shape index (κ1) is 19.8. The summed E-state index contributed by atoms with van der Waals surface area (Å²) >= 11 is 1.36. The van der Waals surface area contributed by atoms with Gasteiger partial charge >= 0.3 is 0 Å². The smallest absolute Gasteiger partial charge is 0.101 e. The van der Waals surface area contributed by atoms with Crippen molar-refractivity contribution in [2.75, 3.05) is 0 Å². The van der Waals surface area contributed by atoms with E-state index < -0.39 is 17.4 Å². The van der Waals surface area contributed by atoms with Crippen molar-refractivity contribution >= 4 is 17.7 Å². The number of unbranched alkanes of at least 4 members (excludes halogenated alkanes) is 4. The van der Waals surface area contributed by atoms with E-state index in [0.29, 0.717) is 19.3 Å². The predicted molar refractivity (Wildman–Crippen MR) is 83.6 cm³/mol. The Kier molecular flexibility index (Phi) is 12.3. The molecule has 4 heteroatoms. The lowest BCUT2D eigenvalue weighted by molar-refractivity contribution is -0.304. The molecule has 0 saturated heterocycles. The fraction of sp³-hybridized carbons (Fsp3) is 0.938. The van der Waals surface area contributed by atoms with Gasteiger partial charge in [0.15, 0.2) is 0 Å². The second-order valence-corrected chi connectivity index (χ2v) is 7.22. The van der Waals surface area contributed by atoms with Gasteiger partial charge in [0, 0.05) is 10.5 Å². The highest BCUT2D eigenvalue weighted by molar-refractivity contribution is 8.01. The second kappa shape index (κ2) is 12.5. The summed E-state index contributed by atoms with van der Waals surface area (Å²) in [5, 5.41) is 10.6. The molecule has 0 amide bonds. The maximum absolute atomic E-state index is 13.8. The third-order valence-electron chi connectivity index (χ3n) is 3.44. The minimum atomic E-state index is -1.01. The summed E-state index contributed by atoms with van der Waals surface area (Å²) in [4.78, 5) is 11.0. The number of carbonyl (C=O) groups is 1. The number of thioether (sulfide) groups is 1. The first-order valence-corrected chi connectivity index (χ1v) is 8.95. The number of aliphatic carboxylic acids is 1. The number of alkyl halides is 1. The molecule has 2 nitrogen and oxygen atoms in total. The normalized spacial score (nSPS) is 15.8. The highest BCUT2D eigenvalue weighted by atomic mass is 32.2. The van der Waals surface area contributed by atoms with Crippen LogP contribution in [0.4, 0.5) is 4.39 Å². The summed E-state index contributed by atoms with van der Waals surface area (Å²) in [6.07, 6.45) is 7.10. The van der Waals surface area contributed by atoms with E-state index in [1.54, 1.807) is 0 Å². The molecule has 0 spiro atoms. The minimum absolute atomic E-state index is 0.0379. The number of carboxylic acid groups (broad SMARTS) is 1. The third-order valence-corrected chi connectivity index (χ3v) is 4.85. The number of rotatable bonds is 13. The van der Waals surface area contributed by atoms with Gasteiger partial charge in [-0.25, -0.2) is 4.39 Å². The number of halogens is 1. The van der Waals surface area contributed by atoms with Crippen molar-refractivity contribution in [1.29, 1.82) is 0 Å². The minimum Gasteiger partial charge on any atom is -0.549 e. The van der Waals surface area contributed by atoms with Crippen molar-refractivity contribution in [3.8, 4) is 0 Å². The molecule has 120 valence electrons. The molecule has 0 rings (SSSR count). The molecule has 0 heterocycles. The Morgan fingerprint density at radius 3 is 2.30 bits per heavy atom. The number of carbonyl (C=O) groups excluding carboxylic acids is 1. The van der Waals surface area contributed by atoms with Crippen LogP contribution in [0.15, 0.2) is 0 Å². The Labute approximate surface area is 127 Å². The lowest BCUT2D eigenvalue weighted by Crippen LogP contribution is -2.34. The Hall–Kier alpha value is -0.250. The highest BCUT2D eigenvalue weighted by Gasteiger charge is 2.18. The molecule has 3 unspecified atom stereocenters. The molecule has 0 N–H and O–H groups in total. The van der Waals surface area contributed by atoms with Gasteiger partial charge in [0.05, 0.1) is 5.97 Å². The Bertz CT molecular complexity index is 249. The Morgan fingerprint density at radius 1 is 1.10 bits per heavy atom. The van der Waals surface area contributed by atoms with E-state index in [1.807, 2.05) is 13.8 Å². The molecule has 0 aromatic heterocycles. The summed E-state index contributed by atoms with van der Waals surface area (Å²) in [5.41, 5.74) is 0. The molecule has 0 aliphatic rings. The lowest BCUT2D eigenvalue weighted by atomic mass is 10.1. The zero-order valence-corrected chi connectivity index (χ0v) is 14.0. The zero-order valence-electron chi connectivity index (χ0n) is 13.2. The van der Waals surface area contributed by atoms with Crippen LogP contribution in [-0.2, 0) is 4.79 Å². The van der Waals surface area contributed by atoms with Crippen LogP contribution >= 0.6 is 11.8 Å². The van der Waals surface area contributed by atoms with Crippen LogP contribution in [0.1, 0.15) is 78.6 Å². The number of carboxylic acids is 1. The van der Waals surface area contributed by atoms with E-state index in [-0.39, 0.29) is 5.25 Å².